The van der Waals surface area contributed by atoms with Gasteiger partial charge in [-0.2, -0.15) is 0 Å². The van der Waals surface area contributed by atoms with Crippen LogP contribution in [-0.2, 0) is 40.3 Å². The van der Waals surface area contributed by atoms with Crippen molar-refractivity contribution in [1.29, 1.82) is 0 Å². The Morgan fingerprint density at radius 2 is 1.39 bits per heavy atom. The van der Waals surface area contributed by atoms with Crippen molar-refractivity contribution >= 4 is 59.0 Å². The molecule has 0 heterocycles. The summed E-state index contributed by atoms with van der Waals surface area (Å²) in [6.45, 7) is -0.867. The molecular weight excluding hydrogens is 655 g/mol. The molecule has 0 aromatic heterocycles. The Morgan fingerprint density at radius 1 is 0.805 bits per heavy atom. The van der Waals surface area contributed by atoms with E-state index in [1.54, 1.807) is 0 Å². The van der Waals surface area contributed by atoms with E-state index in [2.05, 4.69) is 9.50 Å². The number of rotatable bonds is 9. The SMILES string of the molecule is Nc1c(S(=O)(=O)[O-])cc(Nc2cccc(CS(=O)(=O)CCOS(=O)(=O)[O-])c2)c2c1C(=O)c1ccccc1C2=O.[K+].[K+]. The molecule has 0 aliphatic heterocycles. The number of benzene rings is 3. The Morgan fingerprint density at radius 3 is 1.95 bits per heavy atom. The van der Waals surface area contributed by atoms with Gasteiger partial charge < -0.3 is 20.2 Å². The maximum atomic E-state index is 13.4. The summed E-state index contributed by atoms with van der Waals surface area (Å²) in [5, 5.41) is 2.77. The van der Waals surface area contributed by atoms with Crippen LogP contribution in [0.25, 0.3) is 0 Å². The number of anilines is 3. The standard InChI is InChI=1S/C23H20N2O11S3.2K/c24-21-18(38(30,31)32)11-17(19-20(21)23(27)16-7-2-1-6-15(16)22(19)26)25-14-5-3-4-13(10-14)12-37(28,29)9-8-36-39(33,34)35;;/h1-7,10-11,25H,8-9,12,24H2,(H,30,31,32)(H,33,34,35);;/q;2*+1/p-2. The molecule has 3 aromatic carbocycles. The van der Waals surface area contributed by atoms with Crippen LogP contribution < -0.4 is 114 Å². The molecule has 0 spiro atoms. The molecule has 0 saturated heterocycles. The molecule has 0 radical (unpaired) electrons. The Hall–Kier alpha value is -0.397. The minimum atomic E-state index is -5.19. The van der Waals surface area contributed by atoms with Crippen LogP contribution in [0.5, 0.6) is 0 Å². The fraction of sp³-hybridized carbons (Fsp3) is 0.130. The number of fused-ring (bicyclic) bond motifs is 2. The minimum absolute atomic E-state index is 0. The summed E-state index contributed by atoms with van der Waals surface area (Å²) in [5.74, 6) is -2.77. The number of sulfone groups is 1. The topological polar surface area (TPSA) is 230 Å². The first-order valence-corrected chi connectivity index (χ1v) is 15.4. The molecule has 3 N–H and O–H groups in total. The third-order valence-corrected chi connectivity index (χ3v) is 8.58. The van der Waals surface area contributed by atoms with Crippen LogP contribution in [0.1, 0.15) is 37.4 Å². The summed E-state index contributed by atoms with van der Waals surface area (Å²) < 4.78 is 96.0. The zero-order valence-corrected chi connectivity index (χ0v) is 30.3. The van der Waals surface area contributed by atoms with Crippen molar-refractivity contribution in [1.82, 2.24) is 0 Å². The molecule has 18 heteroatoms. The molecule has 0 bridgehead atoms. The molecular formula is C23H18K2N2O11S3. The molecule has 13 nitrogen and oxygen atoms in total. The normalized spacial score (nSPS) is 12.9. The van der Waals surface area contributed by atoms with E-state index in [4.69, 9.17) is 5.73 Å². The predicted octanol–water partition coefficient (Wildman–Crippen LogP) is -4.91. The van der Waals surface area contributed by atoms with Gasteiger partial charge in [0.05, 0.1) is 45.5 Å². The summed E-state index contributed by atoms with van der Waals surface area (Å²) >= 11 is 0. The third-order valence-electron chi connectivity index (χ3n) is 5.68. The van der Waals surface area contributed by atoms with E-state index in [9.17, 15) is 43.9 Å². The van der Waals surface area contributed by atoms with Crippen LogP contribution in [-0.4, -0.2) is 58.3 Å². The van der Waals surface area contributed by atoms with Gasteiger partial charge in [0.25, 0.3) is 0 Å². The molecule has 0 saturated carbocycles. The molecule has 3 aromatic rings. The maximum absolute atomic E-state index is 13.4. The van der Waals surface area contributed by atoms with Gasteiger partial charge in [-0.05, 0) is 23.8 Å². The second kappa shape index (κ2) is 14.1. The van der Waals surface area contributed by atoms with Gasteiger partial charge in [0.2, 0.25) is 10.4 Å². The average molecular weight is 673 g/mol. The van der Waals surface area contributed by atoms with Crippen molar-refractivity contribution in [3.05, 3.63) is 82.4 Å². The van der Waals surface area contributed by atoms with Crippen molar-refractivity contribution < 1.29 is 151 Å². The van der Waals surface area contributed by atoms with Crippen LogP contribution in [0.3, 0.4) is 0 Å². The predicted molar refractivity (Wildman–Crippen MR) is 135 cm³/mol. The first-order valence-electron chi connectivity index (χ1n) is 10.8. The smallest absolute Gasteiger partial charge is 0.744 e. The van der Waals surface area contributed by atoms with Crippen LogP contribution in [0.4, 0.5) is 17.1 Å². The van der Waals surface area contributed by atoms with Crippen LogP contribution in [0.2, 0.25) is 0 Å². The van der Waals surface area contributed by atoms with E-state index in [0.29, 0.717) is 0 Å². The summed E-state index contributed by atoms with van der Waals surface area (Å²) in [6, 6.07) is 12.3. The molecule has 0 unspecified atom stereocenters. The molecule has 41 heavy (non-hydrogen) atoms. The second-order valence-electron chi connectivity index (χ2n) is 8.39. The van der Waals surface area contributed by atoms with Gasteiger partial charge in [-0.25, -0.2) is 25.3 Å². The summed E-state index contributed by atoms with van der Waals surface area (Å²) in [6.07, 6.45) is 0. The summed E-state index contributed by atoms with van der Waals surface area (Å²) in [5.41, 5.74) is 4.66. The van der Waals surface area contributed by atoms with E-state index in [0.717, 1.165) is 6.07 Å². The van der Waals surface area contributed by atoms with Crippen LogP contribution >= 0.6 is 0 Å². The Kier molecular flexibility index (Phi) is 12.7. The zero-order valence-electron chi connectivity index (χ0n) is 21.6. The monoisotopic (exact) mass is 672 g/mol. The van der Waals surface area contributed by atoms with E-state index in [-0.39, 0.29) is 136 Å². The van der Waals surface area contributed by atoms with Crippen molar-refractivity contribution in [3.8, 4) is 0 Å². The van der Waals surface area contributed by atoms with Gasteiger partial charge in [-0.15, -0.1) is 0 Å². The van der Waals surface area contributed by atoms with E-state index < -0.39 is 76.2 Å². The molecule has 1 aliphatic carbocycles. The molecule has 0 fully saturated rings. The number of nitrogens with one attached hydrogen (secondary N) is 1. The van der Waals surface area contributed by atoms with Gasteiger partial charge in [0.1, 0.15) is 10.1 Å². The van der Waals surface area contributed by atoms with E-state index in [1.165, 1.54) is 48.5 Å². The third kappa shape index (κ3) is 8.84. The van der Waals surface area contributed by atoms with Gasteiger partial charge in [-0.3, -0.25) is 13.8 Å². The number of nitrogen functional groups attached to an aromatic ring is 1. The molecule has 4 rings (SSSR count). The average Bonchev–Trinajstić information content (AvgIpc) is 2.81. The van der Waals surface area contributed by atoms with Gasteiger partial charge in [-0.1, -0.05) is 36.4 Å². The van der Waals surface area contributed by atoms with E-state index >= 15 is 0 Å². The fourth-order valence-corrected chi connectivity index (χ4v) is 6.28. The second-order valence-corrected chi connectivity index (χ2v) is 13.0. The number of ketones is 2. The van der Waals surface area contributed by atoms with Crippen LogP contribution in [0, 0.1) is 0 Å². The summed E-state index contributed by atoms with van der Waals surface area (Å²) in [4.78, 5) is 25.7. The number of carbonyl (C=O) groups is 2. The Labute approximate surface area is 321 Å². The van der Waals surface area contributed by atoms with Gasteiger partial charge >= 0.3 is 103 Å². The fourth-order valence-electron chi connectivity index (χ4n) is 4.08. The molecule has 0 amide bonds. The Bertz CT molecular complexity index is 1860. The number of hydrogen-bond acceptors (Lipinski definition) is 13. The van der Waals surface area contributed by atoms with Gasteiger partial charge in [0, 0.05) is 16.8 Å². The number of hydrogen-bond donors (Lipinski definition) is 2. The van der Waals surface area contributed by atoms with E-state index in [1.807, 2.05) is 0 Å². The number of carbonyl (C=O) groups excluding carboxylic acids is 2. The minimum Gasteiger partial charge on any atom is -0.744 e. The van der Waals surface area contributed by atoms with Crippen molar-refractivity contribution in [3.63, 3.8) is 0 Å². The van der Waals surface area contributed by atoms with Gasteiger partial charge in [0.15, 0.2) is 21.4 Å². The molecule has 0 atom stereocenters. The quantitative estimate of drug-likeness (QED) is 0.0736. The van der Waals surface area contributed by atoms with Crippen molar-refractivity contribution in [2.24, 2.45) is 0 Å². The molecule has 206 valence electrons. The van der Waals surface area contributed by atoms with Crippen LogP contribution in [0.15, 0.2) is 59.5 Å². The summed E-state index contributed by atoms with van der Waals surface area (Å²) in [7, 11) is -14.2. The number of nitrogens with two attached hydrogens (primary N) is 1. The zero-order chi connectivity index (χ0) is 28.8. The largest absolute Gasteiger partial charge is 1.00 e. The first-order chi connectivity index (χ1) is 18.1. The molecule has 1 aliphatic rings. The maximum Gasteiger partial charge on any atom is 1.00 e. The first kappa shape index (κ1) is 36.8. The van der Waals surface area contributed by atoms with Crippen molar-refractivity contribution in [2.75, 3.05) is 23.4 Å². The Balaban J connectivity index is 0.00000294. The van der Waals surface area contributed by atoms with Crippen molar-refractivity contribution in [2.45, 2.75) is 10.6 Å².